The van der Waals surface area contributed by atoms with Crippen LogP contribution in [0.5, 0.6) is 0 Å². The summed E-state index contributed by atoms with van der Waals surface area (Å²) in [4.78, 5) is 0. The van der Waals surface area contributed by atoms with Crippen molar-refractivity contribution >= 4 is 21.4 Å². The van der Waals surface area contributed by atoms with Gasteiger partial charge in [0.1, 0.15) is 0 Å². The zero-order valence-electron chi connectivity index (χ0n) is 12.0. The molecule has 0 aromatic carbocycles. The van der Waals surface area contributed by atoms with E-state index in [0.717, 1.165) is 13.1 Å². The predicted octanol–water partition coefficient (Wildman–Crippen LogP) is 2.54. The average Bonchev–Trinajstić information content (AvgIpc) is 2.17. The normalized spacial score (nSPS) is 16.2. The van der Waals surface area contributed by atoms with Crippen molar-refractivity contribution in [1.29, 1.82) is 0 Å². The fourth-order valence-electron chi connectivity index (χ4n) is 2.54. The molecule has 0 aliphatic heterocycles. The van der Waals surface area contributed by atoms with Crippen LogP contribution >= 0.6 is 21.4 Å². The van der Waals surface area contributed by atoms with Crippen molar-refractivity contribution in [3.63, 3.8) is 0 Å². The number of hydrogen-bond acceptors (Lipinski definition) is 4. The van der Waals surface area contributed by atoms with Crippen molar-refractivity contribution in [1.82, 2.24) is 18.7 Å². The van der Waals surface area contributed by atoms with E-state index in [9.17, 15) is 0 Å². The van der Waals surface area contributed by atoms with Gasteiger partial charge in [-0.15, -0.1) is 0 Å². The van der Waals surface area contributed by atoms with Crippen molar-refractivity contribution < 1.29 is 0 Å². The van der Waals surface area contributed by atoms with E-state index in [-0.39, 0.29) is 0 Å². The summed E-state index contributed by atoms with van der Waals surface area (Å²) in [6, 6.07) is 0. The van der Waals surface area contributed by atoms with Gasteiger partial charge < -0.3 is 0 Å². The first-order valence-corrected chi connectivity index (χ1v) is 9.76. The maximum atomic E-state index is 4.11. The first-order valence-electron chi connectivity index (χ1n) is 5.70. The molecule has 0 aliphatic rings. The van der Waals surface area contributed by atoms with Crippen LogP contribution in [-0.2, 0) is 0 Å². The van der Waals surface area contributed by atoms with Crippen LogP contribution in [0.1, 0.15) is 13.8 Å². The van der Waals surface area contributed by atoms with Gasteiger partial charge in [0.25, 0.3) is 0 Å². The van der Waals surface area contributed by atoms with E-state index in [1.54, 1.807) is 0 Å². The van der Waals surface area contributed by atoms with E-state index < -0.39 is 5.91 Å². The molecule has 0 fully saturated rings. The minimum absolute atomic E-state index is 1.02. The third kappa shape index (κ3) is 2.06. The zero-order valence-corrected chi connectivity index (χ0v) is 14.5. The van der Waals surface area contributed by atoms with Crippen LogP contribution in [0.25, 0.3) is 0 Å². The molecule has 0 spiro atoms. The van der Waals surface area contributed by atoms with E-state index in [1.165, 1.54) is 0 Å². The molecule has 0 aliphatic carbocycles. The summed E-state index contributed by atoms with van der Waals surface area (Å²) < 4.78 is 9.46. The first-order chi connectivity index (χ1) is 7.17. The first kappa shape index (κ1) is 16.8. The Morgan fingerprint density at radius 1 is 0.750 bits per heavy atom. The van der Waals surface area contributed by atoms with Gasteiger partial charge >= 0.3 is 109 Å². The summed E-state index contributed by atoms with van der Waals surface area (Å²) >= 11 is 4.11. The number of nitrogens with zero attached hydrogens (tertiary/aromatic N) is 4. The van der Waals surface area contributed by atoms with E-state index in [2.05, 4.69) is 90.3 Å². The third-order valence-electron chi connectivity index (χ3n) is 3.28. The van der Waals surface area contributed by atoms with Crippen LogP contribution in [0.4, 0.5) is 0 Å². The van der Waals surface area contributed by atoms with Crippen molar-refractivity contribution in [2.24, 2.45) is 0 Å². The topological polar surface area (TPSA) is 13.0 Å². The van der Waals surface area contributed by atoms with Crippen LogP contribution in [-0.4, -0.2) is 74.1 Å². The van der Waals surface area contributed by atoms with Crippen molar-refractivity contribution in [3.05, 3.63) is 0 Å². The Labute approximate surface area is 109 Å². The second-order valence-corrected chi connectivity index (χ2v) is 13.0. The fourth-order valence-corrected chi connectivity index (χ4v) is 8.53. The van der Waals surface area contributed by atoms with E-state index in [0.29, 0.717) is 0 Å². The molecular formula is C10H28BrN4P. The Morgan fingerprint density at radius 2 is 1.00 bits per heavy atom. The molecule has 0 N–H and O–H groups in total. The maximum absolute atomic E-state index is 4.11. The Balaban J connectivity index is 5.81. The monoisotopic (exact) mass is 314 g/mol. The van der Waals surface area contributed by atoms with Gasteiger partial charge in [-0.1, -0.05) is 0 Å². The van der Waals surface area contributed by atoms with Crippen LogP contribution in [0.3, 0.4) is 0 Å². The molecule has 0 unspecified atom stereocenters. The Hall–Kier alpha value is 0.750. The quantitative estimate of drug-likeness (QED) is 0.698. The molecule has 0 rings (SSSR count). The van der Waals surface area contributed by atoms with Crippen molar-refractivity contribution in [2.75, 3.05) is 55.4 Å². The molecule has 0 bridgehead atoms. The van der Waals surface area contributed by atoms with E-state index in [1.807, 2.05) is 0 Å². The molecule has 0 aromatic heterocycles. The Bertz CT molecular complexity index is 204. The second kappa shape index (κ2) is 5.59. The molecule has 0 aromatic rings. The van der Waals surface area contributed by atoms with Crippen LogP contribution in [0, 0.1) is 0 Å². The van der Waals surface area contributed by atoms with E-state index >= 15 is 0 Å². The molecule has 100 valence electrons. The SMILES string of the molecule is CCN(CC)P(Br)(N(C)C)(N(C)C)N(C)C. The zero-order chi connectivity index (χ0) is 13.2. The molecular weight excluding hydrogens is 287 g/mol. The van der Waals surface area contributed by atoms with Gasteiger partial charge in [0.15, 0.2) is 0 Å². The molecule has 0 saturated carbocycles. The van der Waals surface area contributed by atoms with Gasteiger partial charge in [-0.25, -0.2) is 0 Å². The third-order valence-corrected chi connectivity index (χ3v) is 16.0. The molecule has 16 heavy (non-hydrogen) atoms. The number of halogens is 1. The van der Waals surface area contributed by atoms with Crippen LogP contribution in [0.2, 0.25) is 0 Å². The molecule has 0 saturated heterocycles. The van der Waals surface area contributed by atoms with Crippen molar-refractivity contribution in [2.45, 2.75) is 13.8 Å². The standard InChI is InChI=1S/C10H28BrN4P/c1-9-15(10-2)16(11,12(3)4,13(5)6)14(7)8/h9-10H2,1-8H3. The molecule has 0 amide bonds. The van der Waals surface area contributed by atoms with Gasteiger partial charge in [0.05, 0.1) is 0 Å². The molecule has 0 atom stereocenters. The van der Waals surface area contributed by atoms with Gasteiger partial charge in [0.2, 0.25) is 0 Å². The minimum atomic E-state index is -2.50. The van der Waals surface area contributed by atoms with Crippen LogP contribution in [0.15, 0.2) is 0 Å². The van der Waals surface area contributed by atoms with E-state index in [4.69, 9.17) is 0 Å². The van der Waals surface area contributed by atoms with Crippen LogP contribution < -0.4 is 0 Å². The molecule has 4 nitrogen and oxygen atoms in total. The fraction of sp³-hybridized carbons (Fsp3) is 1.00. The Kier molecular flexibility index (Phi) is 5.86. The summed E-state index contributed by atoms with van der Waals surface area (Å²) in [6.07, 6.45) is 0. The summed E-state index contributed by atoms with van der Waals surface area (Å²) in [5.74, 6) is -2.50. The summed E-state index contributed by atoms with van der Waals surface area (Å²) in [7, 11) is 12.9. The molecule has 0 heterocycles. The van der Waals surface area contributed by atoms with Crippen molar-refractivity contribution in [3.8, 4) is 0 Å². The van der Waals surface area contributed by atoms with Gasteiger partial charge in [-0.2, -0.15) is 0 Å². The molecule has 6 heteroatoms. The van der Waals surface area contributed by atoms with Gasteiger partial charge in [-0.05, 0) is 0 Å². The summed E-state index contributed by atoms with van der Waals surface area (Å²) in [6.45, 7) is 6.47. The number of rotatable bonds is 6. The summed E-state index contributed by atoms with van der Waals surface area (Å²) in [5, 5.41) is 0. The predicted molar refractivity (Wildman–Crippen MR) is 79.8 cm³/mol. The number of hydrogen-bond donors (Lipinski definition) is 0. The second-order valence-electron chi connectivity index (χ2n) is 4.52. The average molecular weight is 315 g/mol. The van der Waals surface area contributed by atoms with Gasteiger partial charge in [0, 0.05) is 0 Å². The summed E-state index contributed by atoms with van der Waals surface area (Å²) in [5.41, 5.74) is 0. The Morgan fingerprint density at radius 3 is 1.06 bits per heavy atom. The molecule has 0 radical (unpaired) electrons. The van der Waals surface area contributed by atoms with Gasteiger partial charge in [-0.3, -0.25) is 0 Å².